The number of Topliss-reactive ketones (excluding diaryl/α,β-unsaturated/α-hetero) is 1. The van der Waals surface area contributed by atoms with E-state index in [4.69, 9.17) is 4.74 Å². The quantitative estimate of drug-likeness (QED) is 0.599. The highest BCUT2D eigenvalue weighted by atomic mass is 16.5. The molecule has 3 aliphatic heterocycles. The first-order valence-electron chi connectivity index (χ1n) is 13.6. The minimum Gasteiger partial charge on any atom is -0.388 e. The van der Waals surface area contributed by atoms with Gasteiger partial charge in [0.25, 0.3) is 5.91 Å². The molecule has 1 aliphatic carbocycles. The van der Waals surface area contributed by atoms with Crippen molar-refractivity contribution in [3.05, 3.63) is 35.4 Å². The number of amides is 2. The summed E-state index contributed by atoms with van der Waals surface area (Å²) in [6.45, 7) is 6.12. The second kappa shape index (κ2) is 10.6. The molecule has 3 heterocycles. The van der Waals surface area contributed by atoms with E-state index in [1.165, 1.54) is 29.7 Å². The van der Waals surface area contributed by atoms with E-state index >= 15 is 0 Å². The van der Waals surface area contributed by atoms with E-state index in [0.29, 0.717) is 17.9 Å². The minimum absolute atomic E-state index is 0.0387. The van der Waals surface area contributed by atoms with Crippen LogP contribution in [0.5, 0.6) is 0 Å². The fraction of sp³-hybridized carbons (Fsp3) is 0.679. The molecule has 8 nitrogen and oxygen atoms in total. The molecule has 0 spiro atoms. The van der Waals surface area contributed by atoms with Crippen LogP contribution in [0.25, 0.3) is 0 Å². The van der Waals surface area contributed by atoms with Crippen LogP contribution in [0.1, 0.15) is 74.2 Å². The van der Waals surface area contributed by atoms with Gasteiger partial charge in [-0.15, -0.1) is 0 Å². The number of β-amino-alcohol motifs (C(OH)–C–C–N with tert-alkyl or cyclic N) is 1. The number of fused-ring (bicyclic) bond motifs is 1. The lowest BCUT2D eigenvalue weighted by atomic mass is 9.85. The van der Waals surface area contributed by atoms with Crippen LogP contribution in [-0.4, -0.2) is 89.1 Å². The number of ketones is 1. The summed E-state index contributed by atoms with van der Waals surface area (Å²) < 4.78 is 5.40. The van der Waals surface area contributed by atoms with E-state index in [0.717, 1.165) is 32.0 Å². The van der Waals surface area contributed by atoms with Crippen molar-refractivity contribution in [1.82, 2.24) is 15.1 Å². The Kier molecular flexibility index (Phi) is 7.47. The van der Waals surface area contributed by atoms with Gasteiger partial charge in [-0.25, -0.2) is 0 Å². The van der Waals surface area contributed by atoms with Crippen molar-refractivity contribution in [1.29, 1.82) is 0 Å². The highest BCUT2D eigenvalue weighted by molar-refractivity contribution is 5.99. The van der Waals surface area contributed by atoms with Crippen LogP contribution < -0.4 is 5.32 Å². The molecule has 1 saturated carbocycles. The zero-order valence-electron chi connectivity index (χ0n) is 21.4. The molecule has 4 aliphatic rings. The molecule has 0 aromatic heterocycles. The minimum atomic E-state index is -0.896. The monoisotopic (exact) mass is 497 g/mol. The summed E-state index contributed by atoms with van der Waals surface area (Å²) >= 11 is 0. The Balaban J connectivity index is 1.22. The molecule has 0 radical (unpaired) electrons. The number of aliphatic hydroxyl groups excluding tert-OH is 1. The van der Waals surface area contributed by atoms with Crippen LogP contribution in [0.4, 0.5) is 0 Å². The summed E-state index contributed by atoms with van der Waals surface area (Å²) in [7, 11) is 0. The average molecular weight is 498 g/mol. The third-order valence-corrected chi connectivity index (χ3v) is 8.97. The van der Waals surface area contributed by atoms with Crippen LogP contribution in [-0.2, 0) is 14.3 Å². The lowest BCUT2D eigenvalue weighted by molar-refractivity contribution is -0.139. The normalized spacial score (nSPS) is 29.0. The Labute approximate surface area is 213 Å². The molecule has 2 N–H and O–H groups in total. The average Bonchev–Trinajstić information content (AvgIpc) is 3.41. The topological polar surface area (TPSA) is 99.2 Å². The predicted molar refractivity (Wildman–Crippen MR) is 135 cm³/mol. The molecule has 0 unspecified atom stereocenters. The summed E-state index contributed by atoms with van der Waals surface area (Å²) in [6, 6.07) is 7.05. The first-order chi connectivity index (χ1) is 17.4. The molecular formula is C28H39N3O5. The third kappa shape index (κ3) is 4.83. The Morgan fingerprint density at radius 1 is 1.14 bits per heavy atom. The smallest absolute Gasteiger partial charge is 0.251 e. The molecule has 1 aromatic carbocycles. The number of benzene rings is 1. The number of ether oxygens (including phenoxy) is 1. The zero-order valence-corrected chi connectivity index (χ0v) is 21.4. The van der Waals surface area contributed by atoms with Crippen molar-refractivity contribution in [3.63, 3.8) is 0 Å². The maximum atomic E-state index is 13.5. The SMILES string of the molecule is CC[C@H](C)[C@H](NC(=O)c1ccc(C2CCN(C3CCC3)CC2)cc1)C(=O)N1C[C@@H](O)[C@H]2OCC(=O)[C@H]21. The molecule has 5 rings (SSSR count). The molecule has 4 fully saturated rings. The number of nitrogens with one attached hydrogen (secondary N) is 1. The van der Waals surface area contributed by atoms with E-state index in [1.54, 1.807) is 0 Å². The lowest BCUT2D eigenvalue weighted by Crippen LogP contribution is -2.54. The van der Waals surface area contributed by atoms with E-state index in [1.807, 2.05) is 26.0 Å². The van der Waals surface area contributed by atoms with Gasteiger partial charge in [0.1, 0.15) is 30.9 Å². The van der Waals surface area contributed by atoms with Gasteiger partial charge in [-0.05, 0) is 68.3 Å². The largest absolute Gasteiger partial charge is 0.388 e. The maximum Gasteiger partial charge on any atom is 0.251 e. The summed E-state index contributed by atoms with van der Waals surface area (Å²) in [4.78, 5) is 43.0. The Hall–Kier alpha value is -2.29. The first kappa shape index (κ1) is 25.4. The fourth-order valence-electron chi connectivity index (χ4n) is 6.20. The van der Waals surface area contributed by atoms with Crippen molar-refractivity contribution < 1.29 is 24.2 Å². The number of hydrogen-bond donors (Lipinski definition) is 2. The van der Waals surface area contributed by atoms with E-state index in [2.05, 4.69) is 22.3 Å². The second-order valence-corrected chi connectivity index (χ2v) is 11.1. The molecule has 0 bridgehead atoms. The highest BCUT2D eigenvalue weighted by Gasteiger charge is 2.53. The van der Waals surface area contributed by atoms with Crippen LogP contribution in [0.2, 0.25) is 0 Å². The lowest BCUT2D eigenvalue weighted by Gasteiger charge is -2.42. The van der Waals surface area contributed by atoms with Gasteiger partial charge in [0, 0.05) is 11.6 Å². The van der Waals surface area contributed by atoms with Crippen LogP contribution in [0, 0.1) is 5.92 Å². The Morgan fingerprint density at radius 2 is 1.83 bits per heavy atom. The molecule has 8 heteroatoms. The molecule has 5 atom stereocenters. The predicted octanol–water partition coefficient (Wildman–Crippen LogP) is 2.10. The summed E-state index contributed by atoms with van der Waals surface area (Å²) in [6.07, 6.45) is 5.47. The van der Waals surface area contributed by atoms with Crippen molar-refractivity contribution in [3.8, 4) is 0 Å². The van der Waals surface area contributed by atoms with Gasteiger partial charge in [0.2, 0.25) is 5.91 Å². The van der Waals surface area contributed by atoms with E-state index in [9.17, 15) is 19.5 Å². The number of piperidine rings is 1. The summed E-state index contributed by atoms with van der Waals surface area (Å²) in [5.41, 5.74) is 1.79. The van der Waals surface area contributed by atoms with Gasteiger partial charge in [0.15, 0.2) is 5.78 Å². The Morgan fingerprint density at radius 3 is 2.44 bits per heavy atom. The van der Waals surface area contributed by atoms with Gasteiger partial charge in [-0.1, -0.05) is 38.8 Å². The van der Waals surface area contributed by atoms with Crippen molar-refractivity contribution in [2.45, 2.75) is 88.6 Å². The zero-order chi connectivity index (χ0) is 25.4. The van der Waals surface area contributed by atoms with Gasteiger partial charge >= 0.3 is 0 Å². The number of nitrogens with zero attached hydrogens (tertiary/aromatic N) is 2. The van der Waals surface area contributed by atoms with E-state index in [-0.39, 0.29) is 36.7 Å². The maximum absolute atomic E-state index is 13.5. The standard InChI is InChI=1S/C28H39N3O5/c1-3-17(2)24(28(35)31-15-22(32)26-25(31)23(33)16-36-26)29-27(34)20-9-7-18(8-10-20)19-11-13-30(14-12-19)21-5-4-6-21/h7-10,17,19,21-22,24-26,32H,3-6,11-16H2,1-2H3,(H,29,34)/t17-,22+,24-,25+,26+/m0/s1. The van der Waals surface area contributed by atoms with Gasteiger partial charge in [0.05, 0.1) is 6.54 Å². The van der Waals surface area contributed by atoms with Gasteiger partial charge < -0.3 is 25.0 Å². The first-order valence-corrected chi connectivity index (χ1v) is 13.6. The molecule has 1 aromatic rings. The molecular weight excluding hydrogens is 458 g/mol. The number of rotatable bonds is 7. The summed E-state index contributed by atoms with van der Waals surface area (Å²) in [5, 5.41) is 13.2. The number of hydrogen-bond acceptors (Lipinski definition) is 6. The number of carbonyl (C=O) groups is 3. The van der Waals surface area contributed by atoms with Gasteiger partial charge in [-0.2, -0.15) is 0 Å². The summed E-state index contributed by atoms with van der Waals surface area (Å²) in [5.74, 6) is -0.444. The molecule has 36 heavy (non-hydrogen) atoms. The Bertz CT molecular complexity index is 970. The van der Waals surface area contributed by atoms with Crippen molar-refractivity contribution >= 4 is 17.6 Å². The number of aliphatic hydroxyl groups is 1. The van der Waals surface area contributed by atoms with Crippen molar-refractivity contribution in [2.24, 2.45) is 5.92 Å². The fourth-order valence-corrected chi connectivity index (χ4v) is 6.20. The number of likely N-dealkylation sites (tertiary alicyclic amines) is 2. The van der Waals surface area contributed by atoms with Gasteiger partial charge in [-0.3, -0.25) is 14.4 Å². The van der Waals surface area contributed by atoms with Crippen LogP contribution in [0.15, 0.2) is 24.3 Å². The van der Waals surface area contributed by atoms with E-state index < -0.39 is 24.3 Å². The number of carbonyl (C=O) groups excluding carboxylic acids is 3. The molecule has 2 amide bonds. The second-order valence-electron chi connectivity index (χ2n) is 11.1. The van der Waals surface area contributed by atoms with Crippen LogP contribution in [0.3, 0.4) is 0 Å². The van der Waals surface area contributed by atoms with Crippen LogP contribution >= 0.6 is 0 Å². The molecule has 196 valence electrons. The molecule has 3 saturated heterocycles. The third-order valence-electron chi connectivity index (χ3n) is 8.97. The highest BCUT2D eigenvalue weighted by Crippen LogP contribution is 2.33. The van der Waals surface area contributed by atoms with Crippen molar-refractivity contribution in [2.75, 3.05) is 26.2 Å².